The molecule has 0 saturated heterocycles. The molecule has 140 valence electrons. The third-order valence-electron chi connectivity index (χ3n) is 3.64. The molecule has 0 spiro atoms. The topological polar surface area (TPSA) is 39.7 Å². The highest BCUT2D eigenvalue weighted by atomic mass is 19.1. The summed E-state index contributed by atoms with van der Waals surface area (Å²) in [7, 11) is 1.91. The summed E-state index contributed by atoms with van der Waals surface area (Å²) in [4.78, 5) is 0. The number of ether oxygens (including phenoxy) is 3. The van der Waals surface area contributed by atoms with Crippen molar-refractivity contribution < 1.29 is 18.6 Å². The Balaban J connectivity index is 1.68. The van der Waals surface area contributed by atoms with Gasteiger partial charge in [-0.25, -0.2) is 4.39 Å². The molecule has 0 unspecified atom stereocenters. The smallest absolute Gasteiger partial charge is 0.119 e. The minimum atomic E-state index is -0.461. The van der Waals surface area contributed by atoms with Crippen molar-refractivity contribution in [3.8, 4) is 5.75 Å². The summed E-state index contributed by atoms with van der Waals surface area (Å²) < 4.78 is 27.7. The van der Waals surface area contributed by atoms with Crippen molar-refractivity contribution in [3.63, 3.8) is 0 Å². The van der Waals surface area contributed by atoms with E-state index in [4.69, 9.17) is 14.2 Å². The molecule has 2 aromatic carbocycles. The molecule has 0 amide bonds. The summed E-state index contributed by atoms with van der Waals surface area (Å²) in [6.45, 7) is 1.46. The number of hydrogen-bond donors (Lipinski definition) is 1. The van der Waals surface area contributed by atoms with Crippen molar-refractivity contribution in [2.75, 3.05) is 52.1 Å². The van der Waals surface area contributed by atoms with Gasteiger partial charge in [-0.1, -0.05) is 36.4 Å². The molecule has 0 atom stereocenters. The Hall–Kier alpha value is -2.37. The van der Waals surface area contributed by atoms with Crippen LogP contribution in [0.4, 0.5) is 10.1 Å². The van der Waals surface area contributed by atoms with Crippen LogP contribution in [-0.2, 0) is 9.47 Å². The van der Waals surface area contributed by atoms with E-state index < -0.39 is 6.67 Å². The summed E-state index contributed by atoms with van der Waals surface area (Å²) in [5.74, 6) is 0.804. The average molecular weight is 359 g/mol. The van der Waals surface area contributed by atoms with Gasteiger partial charge in [0.25, 0.3) is 0 Å². The largest absolute Gasteiger partial charge is 0.491 e. The Morgan fingerprint density at radius 1 is 0.769 bits per heavy atom. The van der Waals surface area contributed by atoms with E-state index >= 15 is 0 Å². The molecule has 0 aliphatic heterocycles. The van der Waals surface area contributed by atoms with Crippen LogP contribution in [0.1, 0.15) is 11.1 Å². The fraction of sp³-hybridized carbons (Fsp3) is 0.333. The highest BCUT2D eigenvalue weighted by Gasteiger charge is 1.95. The molecule has 0 aromatic heterocycles. The van der Waals surface area contributed by atoms with E-state index in [-0.39, 0.29) is 6.61 Å². The predicted octanol–water partition coefficient (Wildman–Crippen LogP) is 4.28. The van der Waals surface area contributed by atoms with Crippen LogP contribution in [-0.4, -0.2) is 46.8 Å². The second-order valence-corrected chi connectivity index (χ2v) is 5.54. The molecule has 2 rings (SSSR count). The zero-order chi connectivity index (χ0) is 18.5. The second-order valence-electron chi connectivity index (χ2n) is 5.54. The molecule has 1 N–H and O–H groups in total. The lowest BCUT2D eigenvalue weighted by atomic mass is 10.1. The fourth-order valence-electron chi connectivity index (χ4n) is 2.22. The number of hydrogen-bond acceptors (Lipinski definition) is 4. The van der Waals surface area contributed by atoms with Gasteiger partial charge in [-0.05, 0) is 35.4 Å². The monoisotopic (exact) mass is 359 g/mol. The minimum absolute atomic E-state index is 0.127. The van der Waals surface area contributed by atoms with Crippen molar-refractivity contribution in [1.82, 2.24) is 0 Å². The van der Waals surface area contributed by atoms with Gasteiger partial charge in [-0.2, -0.15) is 0 Å². The number of benzene rings is 2. The molecule has 0 saturated carbocycles. The lowest BCUT2D eigenvalue weighted by Crippen LogP contribution is -2.11. The summed E-state index contributed by atoms with van der Waals surface area (Å²) in [6.07, 6.45) is 4.15. The number of halogens is 1. The van der Waals surface area contributed by atoms with Crippen LogP contribution < -0.4 is 10.1 Å². The maximum atomic E-state index is 11.8. The summed E-state index contributed by atoms with van der Waals surface area (Å²) in [6, 6.07) is 16.1. The third kappa shape index (κ3) is 7.68. The van der Waals surface area contributed by atoms with E-state index in [2.05, 4.69) is 29.6 Å². The molecule has 2 aromatic rings. The molecule has 0 heterocycles. The molecule has 0 bridgehead atoms. The Morgan fingerprint density at radius 2 is 1.31 bits per heavy atom. The maximum absolute atomic E-state index is 11.8. The van der Waals surface area contributed by atoms with Crippen LogP contribution in [0, 0.1) is 0 Å². The van der Waals surface area contributed by atoms with E-state index in [1.54, 1.807) is 0 Å². The first-order valence-corrected chi connectivity index (χ1v) is 8.72. The normalized spacial score (nSPS) is 11.0. The summed E-state index contributed by atoms with van der Waals surface area (Å²) >= 11 is 0. The zero-order valence-corrected chi connectivity index (χ0v) is 15.1. The molecule has 4 nitrogen and oxygen atoms in total. The van der Waals surface area contributed by atoms with Gasteiger partial charge >= 0.3 is 0 Å². The van der Waals surface area contributed by atoms with Crippen LogP contribution in [0.25, 0.3) is 12.2 Å². The maximum Gasteiger partial charge on any atom is 0.119 e. The molecule has 0 fully saturated rings. The van der Waals surface area contributed by atoms with E-state index in [1.165, 1.54) is 0 Å². The minimum Gasteiger partial charge on any atom is -0.491 e. The number of alkyl halides is 1. The van der Waals surface area contributed by atoms with Gasteiger partial charge in [0.2, 0.25) is 0 Å². The van der Waals surface area contributed by atoms with Crippen molar-refractivity contribution in [3.05, 3.63) is 59.7 Å². The van der Waals surface area contributed by atoms with Crippen molar-refractivity contribution in [2.24, 2.45) is 0 Å². The standard InChI is InChI=1S/C21H26FNO3/c1-23-20-8-4-18(5-9-20)2-3-19-6-10-21(11-7-19)26-17-16-25-15-14-24-13-12-22/h2-11,23H,12-17H2,1H3/b3-2+. The van der Waals surface area contributed by atoms with E-state index in [9.17, 15) is 4.39 Å². The molecule has 0 radical (unpaired) electrons. The molecule has 5 heteroatoms. The first-order chi connectivity index (χ1) is 12.8. The van der Waals surface area contributed by atoms with E-state index in [1.807, 2.05) is 43.4 Å². The molecular weight excluding hydrogens is 333 g/mol. The van der Waals surface area contributed by atoms with Crippen molar-refractivity contribution in [2.45, 2.75) is 0 Å². The Morgan fingerprint density at radius 3 is 1.88 bits per heavy atom. The van der Waals surface area contributed by atoms with Gasteiger partial charge in [-0.3, -0.25) is 0 Å². The predicted molar refractivity (Wildman–Crippen MR) is 104 cm³/mol. The van der Waals surface area contributed by atoms with Gasteiger partial charge in [-0.15, -0.1) is 0 Å². The van der Waals surface area contributed by atoms with Gasteiger partial charge < -0.3 is 19.5 Å². The highest BCUT2D eigenvalue weighted by Crippen LogP contribution is 2.15. The summed E-state index contributed by atoms with van der Waals surface area (Å²) in [5, 5.41) is 3.10. The first-order valence-electron chi connectivity index (χ1n) is 8.72. The number of rotatable bonds is 12. The van der Waals surface area contributed by atoms with Gasteiger partial charge in [0, 0.05) is 12.7 Å². The van der Waals surface area contributed by atoms with Gasteiger partial charge in [0.1, 0.15) is 19.0 Å². The Labute approximate surface area is 154 Å². The summed E-state index contributed by atoms with van der Waals surface area (Å²) in [5.41, 5.74) is 3.35. The van der Waals surface area contributed by atoms with Crippen LogP contribution in [0.3, 0.4) is 0 Å². The molecule has 26 heavy (non-hydrogen) atoms. The number of nitrogens with one attached hydrogen (secondary N) is 1. The van der Waals surface area contributed by atoms with Crippen molar-refractivity contribution in [1.29, 1.82) is 0 Å². The van der Waals surface area contributed by atoms with Crippen molar-refractivity contribution >= 4 is 17.8 Å². The quantitative estimate of drug-likeness (QED) is 0.454. The zero-order valence-electron chi connectivity index (χ0n) is 15.1. The highest BCUT2D eigenvalue weighted by molar-refractivity contribution is 5.70. The first kappa shape index (κ1) is 19.9. The molecular formula is C21H26FNO3. The fourth-order valence-corrected chi connectivity index (χ4v) is 2.22. The Kier molecular flexibility index (Phi) is 9.25. The SMILES string of the molecule is CNc1ccc(/C=C/c2ccc(OCCOCCOCCF)cc2)cc1. The molecule has 0 aliphatic carbocycles. The average Bonchev–Trinajstić information content (AvgIpc) is 2.69. The van der Waals surface area contributed by atoms with Gasteiger partial charge in [0.15, 0.2) is 0 Å². The van der Waals surface area contributed by atoms with Crippen LogP contribution >= 0.6 is 0 Å². The lowest BCUT2D eigenvalue weighted by molar-refractivity contribution is 0.0325. The molecule has 0 aliphatic rings. The van der Waals surface area contributed by atoms with E-state index in [0.29, 0.717) is 26.4 Å². The number of anilines is 1. The lowest BCUT2D eigenvalue weighted by Gasteiger charge is -2.07. The van der Waals surface area contributed by atoms with E-state index in [0.717, 1.165) is 22.6 Å². The second kappa shape index (κ2) is 12.1. The van der Waals surface area contributed by atoms with Crippen LogP contribution in [0.15, 0.2) is 48.5 Å². The van der Waals surface area contributed by atoms with Gasteiger partial charge in [0.05, 0.1) is 26.4 Å². The third-order valence-corrected chi connectivity index (χ3v) is 3.64. The van der Waals surface area contributed by atoms with Crippen LogP contribution in [0.2, 0.25) is 0 Å². The Bertz CT molecular complexity index is 641. The van der Waals surface area contributed by atoms with Crippen LogP contribution in [0.5, 0.6) is 5.75 Å².